The van der Waals surface area contributed by atoms with Crippen LogP contribution in [-0.2, 0) is 37.4 Å². The Bertz CT molecular complexity index is 1540. The van der Waals surface area contributed by atoms with Gasteiger partial charge in [-0.1, -0.05) is 54.1 Å². The van der Waals surface area contributed by atoms with E-state index in [1.165, 1.54) is 30.3 Å². The lowest BCUT2D eigenvalue weighted by Crippen LogP contribution is -2.38. The highest BCUT2D eigenvalue weighted by Crippen LogP contribution is 2.32. The number of aliphatic carboxylic acids is 1. The minimum atomic E-state index is -4.55. The van der Waals surface area contributed by atoms with Gasteiger partial charge in [-0.05, 0) is 41.8 Å². The number of halogens is 1. The maximum Gasteiger partial charge on any atom is 0.340 e. The van der Waals surface area contributed by atoms with Crippen molar-refractivity contribution in [1.29, 1.82) is 0 Å². The lowest BCUT2D eigenvalue weighted by Gasteiger charge is -2.24. The number of urea groups is 1. The number of rotatable bonds is 7. The molecule has 0 saturated carbocycles. The number of sulfonamides is 1. The van der Waals surface area contributed by atoms with E-state index >= 15 is 0 Å². The molecule has 196 valence electrons. The van der Waals surface area contributed by atoms with Crippen LogP contribution >= 0.6 is 11.6 Å². The van der Waals surface area contributed by atoms with Crippen LogP contribution in [0.4, 0.5) is 16.2 Å². The molecule has 0 aromatic heterocycles. The summed E-state index contributed by atoms with van der Waals surface area (Å²) in [6.45, 7) is -0.0319. The fourth-order valence-corrected chi connectivity index (χ4v) is 5.04. The summed E-state index contributed by atoms with van der Waals surface area (Å²) in [4.78, 5) is 48.4. The van der Waals surface area contributed by atoms with Crippen LogP contribution in [0.15, 0.2) is 71.6 Å². The number of hydrogen-bond donors (Lipinski definition) is 4. The van der Waals surface area contributed by atoms with Gasteiger partial charge in [0.2, 0.25) is 5.91 Å². The van der Waals surface area contributed by atoms with Gasteiger partial charge >= 0.3 is 18.0 Å². The standard InChI is InChI=1S/C25H20ClN3O8S/c26-16-9-10-17(24(33)37-13-14-5-2-1-3-6-14)19(12-16)27-25(34)29-38(35,36)20-8-4-7-15-11-18(23(31)32)22(30)28-21(15)20/h1-10,12,18H,11,13H2,(H,28,30)(H,31,32)(H2,27,29,34). The number of ether oxygens (including phenoxy) is 1. The first-order chi connectivity index (χ1) is 18.0. The first kappa shape index (κ1) is 26.6. The molecule has 3 aromatic carbocycles. The van der Waals surface area contributed by atoms with Gasteiger partial charge in [-0.3, -0.25) is 9.59 Å². The summed E-state index contributed by atoms with van der Waals surface area (Å²) in [6, 6.07) is 15.7. The molecule has 1 heterocycles. The van der Waals surface area contributed by atoms with Crippen molar-refractivity contribution < 1.29 is 37.4 Å². The zero-order valence-corrected chi connectivity index (χ0v) is 21.0. The van der Waals surface area contributed by atoms with Crippen LogP contribution in [0.3, 0.4) is 0 Å². The molecule has 3 amide bonds. The van der Waals surface area contributed by atoms with Gasteiger partial charge in [-0.2, -0.15) is 0 Å². The number of nitrogens with one attached hydrogen (secondary N) is 3. The molecule has 38 heavy (non-hydrogen) atoms. The average molecular weight is 558 g/mol. The molecule has 4 rings (SSSR count). The Kier molecular flexibility index (Phi) is 7.65. The van der Waals surface area contributed by atoms with E-state index in [0.29, 0.717) is 0 Å². The number of esters is 1. The van der Waals surface area contributed by atoms with E-state index in [0.717, 1.165) is 11.6 Å². The molecule has 0 spiro atoms. The van der Waals surface area contributed by atoms with E-state index in [-0.39, 0.29) is 40.6 Å². The Morgan fingerprint density at radius 2 is 1.79 bits per heavy atom. The van der Waals surface area contributed by atoms with Crippen LogP contribution in [0.25, 0.3) is 0 Å². The summed E-state index contributed by atoms with van der Waals surface area (Å²) in [7, 11) is -4.55. The lowest BCUT2D eigenvalue weighted by molar-refractivity contribution is -0.145. The lowest BCUT2D eigenvalue weighted by atomic mass is 9.93. The summed E-state index contributed by atoms with van der Waals surface area (Å²) < 4.78 is 33.1. The second kappa shape index (κ2) is 10.9. The maximum atomic E-state index is 13.0. The van der Waals surface area contributed by atoms with Gasteiger partial charge in [-0.25, -0.2) is 22.7 Å². The second-order valence-corrected chi connectivity index (χ2v) is 10.3. The van der Waals surface area contributed by atoms with Gasteiger partial charge < -0.3 is 20.5 Å². The average Bonchev–Trinajstić information content (AvgIpc) is 2.86. The molecule has 0 aliphatic carbocycles. The second-order valence-electron chi connectivity index (χ2n) is 8.19. The fraction of sp³-hybridized carbons (Fsp3) is 0.120. The minimum absolute atomic E-state index is 0.0319. The minimum Gasteiger partial charge on any atom is -0.481 e. The van der Waals surface area contributed by atoms with E-state index in [1.54, 1.807) is 24.3 Å². The van der Waals surface area contributed by atoms with Crippen LogP contribution in [0.5, 0.6) is 0 Å². The van der Waals surface area contributed by atoms with E-state index in [1.807, 2.05) is 10.8 Å². The van der Waals surface area contributed by atoms with Crippen molar-refractivity contribution in [3.63, 3.8) is 0 Å². The third kappa shape index (κ3) is 5.93. The van der Waals surface area contributed by atoms with Gasteiger partial charge in [0, 0.05) is 5.02 Å². The number of carboxylic acid groups (broad SMARTS) is 1. The highest BCUT2D eigenvalue weighted by Gasteiger charge is 2.35. The molecule has 0 saturated heterocycles. The topological polar surface area (TPSA) is 168 Å². The van der Waals surface area contributed by atoms with Gasteiger partial charge in [0.05, 0.1) is 16.9 Å². The van der Waals surface area contributed by atoms with Gasteiger partial charge in [0.15, 0.2) is 0 Å². The Morgan fingerprint density at radius 1 is 1.05 bits per heavy atom. The van der Waals surface area contributed by atoms with E-state index in [2.05, 4.69) is 10.6 Å². The van der Waals surface area contributed by atoms with Crippen molar-refractivity contribution in [2.45, 2.75) is 17.9 Å². The first-order valence-electron chi connectivity index (χ1n) is 11.0. The molecular formula is C25H20ClN3O8S. The SMILES string of the molecule is O=C(Nc1cc(Cl)ccc1C(=O)OCc1ccccc1)NS(=O)(=O)c1cccc2c1NC(=O)C(C(=O)O)C2. The van der Waals surface area contributed by atoms with E-state index < -0.39 is 44.7 Å². The highest BCUT2D eigenvalue weighted by atomic mass is 35.5. The smallest absolute Gasteiger partial charge is 0.340 e. The molecule has 3 aromatic rings. The number of fused-ring (bicyclic) bond motifs is 1. The number of carboxylic acids is 1. The molecule has 1 unspecified atom stereocenters. The summed E-state index contributed by atoms with van der Waals surface area (Å²) >= 11 is 6.01. The maximum absolute atomic E-state index is 13.0. The van der Waals surface area contributed by atoms with E-state index in [4.69, 9.17) is 16.3 Å². The molecule has 11 nitrogen and oxygen atoms in total. The molecule has 1 atom stereocenters. The van der Waals surface area contributed by atoms with E-state index in [9.17, 15) is 32.7 Å². The Morgan fingerprint density at radius 3 is 2.50 bits per heavy atom. The van der Waals surface area contributed by atoms with Crippen molar-refractivity contribution in [2.75, 3.05) is 10.6 Å². The molecular weight excluding hydrogens is 538 g/mol. The molecule has 1 aliphatic heterocycles. The molecule has 1 aliphatic rings. The Balaban J connectivity index is 1.52. The van der Waals surface area contributed by atoms with Crippen molar-refractivity contribution in [1.82, 2.24) is 4.72 Å². The summed E-state index contributed by atoms with van der Waals surface area (Å²) in [5, 5.41) is 14.0. The molecule has 0 fully saturated rings. The van der Waals surface area contributed by atoms with Crippen molar-refractivity contribution in [2.24, 2.45) is 5.92 Å². The molecule has 0 bridgehead atoms. The van der Waals surface area contributed by atoms with Crippen LogP contribution in [0.2, 0.25) is 5.02 Å². The number of carbonyl (C=O) groups excluding carboxylic acids is 3. The molecule has 0 radical (unpaired) electrons. The fourth-order valence-electron chi connectivity index (χ4n) is 3.76. The number of benzene rings is 3. The van der Waals surface area contributed by atoms with Crippen molar-refractivity contribution >= 4 is 56.9 Å². The third-order valence-corrected chi connectivity index (χ3v) is 7.19. The summed E-state index contributed by atoms with van der Waals surface area (Å²) in [5.74, 6) is -4.38. The molecule has 4 N–H and O–H groups in total. The zero-order chi connectivity index (χ0) is 27.4. The number of anilines is 2. The quantitative estimate of drug-likeness (QED) is 0.253. The highest BCUT2D eigenvalue weighted by molar-refractivity contribution is 7.90. The zero-order valence-electron chi connectivity index (χ0n) is 19.4. The normalized spacial score (nSPS) is 14.6. The third-order valence-electron chi connectivity index (χ3n) is 5.58. The van der Waals surface area contributed by atoms with Gasteiger partial charge in [0.25, 0.3) is 10.0 Å². The predicted octanol–water partition coefficient (Wildman–Crippen LogP) is 3.40. The first-order valence-corrected chi connectivity index (χ1v) is 12.9. The van der Waals surface area contributed by atoms with Crippen molar-refractivity contribution in [3.05, 3.63) is 88.4 Å². The molecule has 13 heteroatoms. The van der Waals surface area contributed by atoms with Crippen LogP contribution in [-0.4, -0.2) is 37.4 Å². The Hall–Kier alpha value is -4.42. The predicted molar refractivity (Wildman–Crippen MR) is 136 cm³/mol. The van der Waals surface area contributed by atoms with Crippen molar-refractivity contribution in [3.8, 4) is 0 Å². The summed E-state index contributed by atoms with van der Waals surface area (Å²) in [6.07, 6.45) is -0.219. The largest absolute Gasteiger partial charge is 0.481 e. The number of carbonyl (C=O) groups is 4. The van der Waals surface area contributed by atoms with Gasteiger partial charge in [0.1, 0.15) is 17.4 Å². The van der Waals surface area contributed by atoms with Gasteiger partial charge in [-0.15, -0.1) is 0 Å². The summed E-state index contributed by atoms with van der Waals surface area (Å²) in [5.41, 5.74) is 0.723. The van der Waals surface area contributed by atoms with Crippen LogP contribution < -0.4 is 15.4 Å². The van der Waals surface area contributed by atoms with Crippen LogP contribution in [0.1, 0.15) is 21.5 Å². The number of hydrogen-bond acceptors (Lipinski definition) is 7. The van der Waals surface area contributed by atoms with Crippen LogP contribution in [0, 0.1) is 5.92 Å². The number of amides is 3. The number of para-hydroxylation sites is 1. The Labute approximate surface area is 221 Å². The monoisotopic (exact) mass is 557 g/mol.